The van der Waals surface area contributed by atoms with Crippen molar-refractivity contribution in [3.8, 4) is 0 Å². The monoisotopic (exact) mass is 334 g/mol. The van der Waals surface area contributed by atoms with Gasteiger partial charge in [0.25, 0.3) is 0 Å². The van der Waals surface area contributed by atoms with Crippen LogP contribution in [-0.4, -0.2) is 0 Å². The highest BCUT2D eigenvalue weighted by Gasteiger charge is 2.22. The third-order valence-electron chi connectivity index (χ3n) is 4.36. The van der Waals surface area contributed by atoms with Crippen LogP contribution in [0.4, 0.5) is 0 Å². The van der Waals surface area contributed by atoms with Gasteiger partial charge in [0.05, 0.1) is 0 Å². The Balaban J connectivity index is 2.04. The standard InChI is InChI=1S/C20H15Br/c1-13-9-10-15-6-4-8-18(21)20(15)19(13)17-12-11-14-5-2-3-7-16(14)17/h2-12,17H,1H3. The summed E-state index contributed by atoms with van der Waals surface area (Å²) in [7, 11) is 0. The van der Waals surface area contributed by atoms with E-state index in [4.69, 9.17) is 0 Å². The molecule has 0 saturated heterocycles. The molecule has 1 aliphatic carbocycles. The minimum absolute atomic E-state index is 0.351. The van der Waals surface area contributed by atoms with Crippen molar-refractivity contribution >= 4 is 32.8 Å². The maximum Gasteiger partial charge on any atom is 0.0287 e. The van der Waals surface area contributed by atoms with Crippen LogP contribution in [0.15, 0.2) is 65.1 Å². The number of aryl methyl sites for hydroxylation is 1. The zero-order chi connectivity index (χ0) is 14.4. The van der Waals surface area contributed by atoms with E-state index in [1.807, 2.05) is 0 Å². The maximum absolute atomic E-state index is 3.74. The first-order valence-electron chi connectivity index (χ1n) is 7.20. The highest BCUT2D eigenvalue weighted by Crippen LogP contribution is 2.41. The van der Waals surface area contributed by atoms with E-state index in [2.05, 4.69) is 89.6 Å². The molecule has 0 radical (unpaired) electrons. The summed E-state index contributed by atoms with van der Waals surface area (Å²) >= 11 is 3.74. The van der Waals surface area contributed by atoms with Crippen LogP contribution < -0.4 is 0 Å². The van der Waals surface area contributed by atoms with Gasteiger partial charge in [0, 0.05) is 15.8 Å². The molecule has 0 bridgehead atoms. The number of hydrogen-bond donors (Lipinski definition) is 0. The molecule has 0 heterocycles. The summed E-state index contributed by atoms with van der Waals surface area (Å²) in [5, 5.41) is 2.63. The molecule has 0 saturated carbocycles. The number of hydrogen-bond acceptors (Lipinski definition) is 0. The Bertz CT molecular complexity index is 874. The van der Waals surface area contributed by atoms with Crippen molar-refractivity contribution in [3.05, 3.63) is 87.4 Å². The second-order valence-electron chi connectivity index (χ2n) is 5.60. The van der Waals surface area contributed by atoms with E-state index in [0.29, 0.717) is 5.92 Å². The molecule has 4 rings (SSSR count). The number of fused-ring (bicyclic) bond motifs is 2. The van der Waals surface area contributed by atoms with Crippen LogP contribution in [0.25, 0.3) is 16.8 Å². The molecule has 1 unspecified atom stereocenters. The molecule has 1 atom stereocenters. The summed E-state index contributed by atoms with van der Waals surface area (Å²) in [4.78, 5) is 0. The van der Waals surface area contributed by atoms with Crippen LogP contribution in [-0.2, 0) is 0 Å². The van der Waals surface area contributed by atoms with Crippen LogP contribution >= 0.6 is 15.9 Å². The Morgan fingerprint density at radius 1 is 0.905 bits per heavy atom. The summed E-state index contributed by atoms with van der Waals surface area (Å²) < 4.78 is 1.18. The molecule has 1 aliphatic rings. The molecule has 0 aliphatic heterocycles. The van der Waals surface area contributed by atoms with Crippen molar-refractivity contribution in [2.24, 2.45) is 0 Å². The Morgan fingerprint density at radius 3 is 2.67 bits per heavy atom. The van der Waals surface area contributed by atoms with E-state index >= 15 is 0 Å². The largest absolute Gasteiger partial charge is 0.0720 e. The molecule has 102 valence electrons. The Kier molecular flexibility index (Phi) is 2.97. The minimum Gasteiger partial charge on any atom is -0.0720 e. The lowest BCUT2D eigenvalue weighted by molar-refractivity contribution is 1.04. The molecular weight excluding hydrogens is 320 g/mol. The van der Waals surface area contributed by atoms with Gasteiger partial charge in [-0.05, 0) is 40.6 Å². The highest BCUT2D eigenvalue weighted by molar-refractivity contribution is 9.10. The molecule has 21 heavy (non-hydrogen) atoms. The molecule has 0 aromatic heterocycles. The number of halogens is 1. The van der Waals surface area contributed by atoms with Gasteiger partial charge in [0.2, 0.25) is 0 Å². The molecule has 0 N–H and O–H groups in total. The highest BCUT2D eigenvalue weighted by atomic mass is 79.9. The zero-order valence-corrected chi connectivity index (χ0v) is 13.4. The van der Waals surface area contributed by atoms with Crippen molar-refractivity contribution in [1.29, 1.82) is 0 Å². The third-order valence-corrected chi connectivity index (χ3v) is 5.02. The van der Waals surface area contributed by atoms with Gasteiger partial charge in [0.15, 0.2) is 0 Å². The summed E-state index contributed by atoms with van der Waals surface area (Å²) in [6, 6.07) is 19.6. The molecule has 3 aromatic rings. The molecule has 0 fully saturated rings. The first-order valence-corrected chi connectivity index (χ1v) is 8.00. The number of allylic oxidation sites excluding steroid dienone is 1. The fraction of sp³-hybridized carbons (Fsp3) is 0.100. The van der Waals surface area contributed by atoms with Crippen LogP contribution in [0.3, 0.4) is 0 Å². The van der Waals surface area contributed by atoms with Crippen LogP contribution in [0, 0.1) is 6.92 Å². The topological polar surface area (TPSA) is 0 Å². The Hall–Kier alpha value is -1.86. The Labute approximate surface area is 133 Å². The number of rotatable bonds is 1. The second-order valence-corrected chi connectivity index (χ2v) is 6.45. The maximum atomic E-state index is 3.74. The van der Waals surface area contributed by atoms with Crippen molar-refractivity contribution in [3.63, 3.8) is 0 Å². The second kappa shape index (κ2) is 4.85. The van der Waals surface area contributed by atoms with Gasteiger partial charge in [0.1, 0.15) is 0 Å². The van der Waals surface area contributed by atoms with Crippen molar-refractivity contribution in [2.45, 2.75) is 12.8 Å². The average Bonchev–Trinajstić information content (AvgIpc) is 2.92. The number of benzene rings is 3. The van der Waals surface area contributed by atoms with Crippen molar-refractivity contribution < 1.29 is 0 Å². The molecule has 3 aromatic carbocycles. The van der Waals surface area contributed by atoms with Crippen molar-refractivity contribution in [2.75, 3.05) is 0 Å². The van der Waals surface area contributed by atoms with Gasteiger partial charge < -0.3 is 0 Å². The van der Waals surface area contributed by atoms with Crippen LogP contribution in [0.5, 0.6) is 0 Å². The fourth-order valence-corrected chi connectivity index (χ4v) is 3.96. The lowest BCUT2D eigenvalue weighted by atomic mass is 9.86. The SMILES string of the molecule is Cc1ccc2cccc(Br)c2c1C1C=Cc2ccccc21. The van der Waals surface area contributed by atoms with E-state index in [1.54, 1.807) is 0 Å². The molecule has 0 nitrogen and oxygen atoms in total. The molecule has 0 spiro atoms. The first-order chi connectivity index (χ1) is 10.3. The van der Waals surface area contributed by atoms with Gasteiger partial charge in [-0.2, -0.15) is 0 Å². The summed E-state index contributed by atoms with van der Waals surface area (Å²) in [6.07, 6.45) is 4.57. The van der Waals surface area contributed by atoms with E-state index in [1.165, 1.54) is 37.5 Å². The summed E-state index contributed by atoms with van der Waals surface area (Å²) in [5.74, 6) is 0.351. The molecular formula is C20H15Br. The zero-order valence-electron chi connectivity index (χ0n) is 11.8. The lowest BCUT2D eigenvalue weighted by Crippen LogP contribution is -2.00. The van der Waals surface area contributed by atoms with Crippen LogP contribution in [0.2, 0.25) is 0 Å². The first kappa shape index (κ1) is 12.8. The van der Waals surface area contributed by atoms with E-state index in [0.717, 1.165) is 0 Å². The van der Waals surface area contributed by atoms with Gasteiger partial charge in [-0.25, -0.2) is 0 Å². The van der Waals surface area contributed by atoms with Crippen LogP contribution in [0.1, 0.15) is 28.2 Å². The Morgan fingerprint density at radius 2 is 1.76 bits per heavy atom. The normalized spacial score (nSPS) is 16.4. The third kappa shape index (κ3) is 1.96. The smallest absolute Gasteiger partial charge is 0.0287 e. The van der Waals surface area contributed by atoms with E-state index < -0.39 is 0 Å². The quantitative estimate of drug-likeness (QED) is 0.506. The van der Waals surface area contributed by atoms with E-state index in [-0.39, 0.29) is 0 Å². The minimum atomic E-state index is 0.351. The average molecular weight is 335 g/mol. The molecule has 0 amide bonds. The van der Waals surface area contributed by atoms with Gasteiger partial charge in [-0.3, -0.25) is 0 Å². The predicted octanol–water partition coefficient (Wildman–Crippen LogP) is 6.07. The fourth-order valence-electron chi connectivity index (χ4n) is 3.37. The summed E-state index contributed by atoms with van der Waals surface area (Å²) in [5.41, 5.74) is 5.51. The van der Waals surface area contributed by atoms with Gasteiger partial charge >= 0.3 is 0 Å². The van der Waals surface area contributed by atoms with Gasteiger partial charge in [-0.15, -0.1) is 0 Å². The van der Waals surface area contributed by atoms with Crippen molar-refractivity contribution in [1.82, 2.24) is 0 Å². The summed E-state index contributed by atoms with van der Waals surface area (Å²) in [6.45, 7) is 2.21. The lowest BCUT2D eigenvalue weighted by Gasteiger charge is -2.18. The van der Waals surface area contributed by atoms with E-state index in [9.17, 15) is 0 Å². The molecule has 1 heteroatoms. The van der Waals surface area contributed by atoms with Gasteiger partial charge in [-0.1, -0.05) is 76.6 Å². The predicted molar refractivity (Wildman–Crippen MR) is 93.7 cm³/mol.